The van der Waals surface area contributed by atoms with Gasteiger partial charge in [-0.25, -0.2) is 13.1 Å². The Labute approximate surface area is 190 Å². The van der Waals surface area contributed by atoms with Crippen LogP contribution in [0, 0.1) is 6.92 Å². The summed E-state index contributed by atoms with van der Waals surface area (Å²) in [4.78, 5) is 0.119. The number of unbranched alkanes of at least 4 members (excludes halogenated alkanes) is 11. The topological polar surface area (TPSA) is 86.6 Å². The summed E-state index contributed by atoms with van der Waals surface area (Å²) in [7, 11) is -3.79. The molecule has 178 valence electrons. The molecule has 0 unspecified atom stereocenters. The summed E-state index contributed by atoms with van der Waals surface area (Å²) in [5.74, 6) is 0. The van der Waals surface area contributed by atoms with E-state index >= 15 is 0 Å². The predicted molar refractivity (Wildman–Crippen MR) is 129 cm³/mol. The molecule has 1 aromatic carbocycles. The maximum Gasteiger partial charge on any atom is 0.240 e. The number of aryl methyl sites for hydroxylation is 1. The Morgan fingerprint density at radius 3 is 1.94 bits per heavy atom. The molecule has 0 saturated carbocycles. The predicted octanol–water partition coefficient (Wildman–Crippen LogP) is 5.25. The Bertz CT molecular complexity index is 701. The van der Waals surface area contributed by atoms with Crippen LogP contribution in [0.3, 0.4) is 0 Å². The van der Waals surface area contributed by atoms with Gasteiger partial charge in [0.2, 0.25) is 10.0 Å². The van der Waals surface area contributed by atoms with Crippen molar-refractivity contribution < 1.29 is 18.6 Å². The molecule has 0 radical (unpaired) electrons. The van der Waals surface area contributed by atoms with E-state index in [1.807, 2.05) is 13.0 Å². The van der Waals surface area contributed by atoms with Crippen molar-refractivity contribution in [2.75, 3.05) is 6.61 Å². The fourth-order valence-corrected chi connectivity index (χ4v) is 4.74. The summed E-state index contributed by atoms with van der Waals surface area (Å²) in [5, 5.41) is 19.8. The van der Waals surface area contributed by atoms with E-state index in [2.05, 4.69) is 11.6 Å². The molecule has 6 heteroatoms. The van der Waals surface area contributed by atoms with Crippen LogP contribution in [-0.2, 0) is 10.0 Å². The van der Waals surface area contributed by atoms with Crippen LogP contribution in [0.5, 0.6) is 0 Å². The minimum Gasteiger partial charge on any atom is -0.395 e. The zero-order chi connectivity index (χ0) is 23.0. The zero-order valence-electron chi connectivity index (χ0n) is 19.4. The molecular weight excluding hydrogens is 410 g/mol. The van der Waals surface area contributed by atoms with Crippen LogP contribution >= 0.6 is 0 Å². The minimum absolute atomic E-state index is 0.119. The lowest BCUT2D eigenvalue weighted by Crippen LogP contribution is -2.45. The van der Waals surface area contributed by atoms with Crippen LogP contribution in [0.25, 0.3) is 0 Å². The molecule has 0 heterocycles. The van der Waals surface area contributed by atoms with Gasteiger partial charge >= 0.3 is 0 Å². The number of aliphatic hydroxyl groups is 2. The van der Waals surface area contributed by atoms with Gasteiger partial charge in [0, 0.05) is 0 Å². The molecule has 0 aliphatic carbocycles. The Balaban J connectivity index is 2.22. The highest BCUT2D eigenvalue weighted by Crippen LogP contribution is 2.13. The van der Waals surface area contributed by atoms with Crippen LogP contribution in [0.4, 0.5) is 0 Å². The number of nitrogens with one attached hydrogen (secondary N) is 1. The minimum atomic E-state index is -3.79. The van der Waals surface area contributed by atoms with E-state index < -0.39 is 28.8 Å². The lowest BCUT2D eigenvalue weighted by molar-refractivity contribution is 0.135. The average molecular weight is 454 g/mol. The van der Waals surface area contributed by atoms with Crippen molar-refractivity contribution >= 4 is 10.0 Å². The molecule has 0 aliphatic heterocycles. The monoisotopic (exact) mass is 453 g/mol. The van der Waals surface area contributed by atoms with E-state index in [1.54, 1.807) is 18.2 Å². The molecule has 0 aliphatic rings. The second-order valence-electron chi connectivity index (χ2n) is 8.47. The molecule has 0 bridgehead atoms. The second-order valence-corrected chi connectivity index (χ2v) is 10.2. The first-order valence-corrected chi connectivity index (χ1v) is 13.4. The number of rotatable bonds is 18. The summed E-state index contributed by atoms with van der Waals surface area (Å²) < 4.78 is 27.3. The van der Waals surface area contributed by atoms with Crippen molar-refractivity contribution in [1.29, 1.82) is 0 Å². The summed E-state index contributed by atoms with van der Waals surface area (Å²) in [5.41, 5.74) is 0.961. The zero-order valence-corrected chi connectivity index (χ0v) is 20.2. The van der Waals surface area contributed by atoms with E-state index in [0.717, 1.165) is 18.4 Å². The fourth-order valence-electron chi connectivity index (χ4n) is 3.50. The van der Waals surface area contributed by atoms with E-state index in [4.69, 9.17) is 0 Å². The van der Waals surface area contributed by atoms with Crippen LogP contribution in [0.1, 0.15) is 89.5 Å². The van der Waals surface area contributed by atoms with Gasteiger partial charge in [0.25, 0.3) is 0 Å². The lowest BCUT2D eigenvalue weighted by Gasteiger charge is -2.20. The maximum atomic E-state index is 12.4. The first-order chi connectivity index (χ1) is 14.9. The average Bonchev–Trinajstić information content (AvgIpc) is 2.75. The summed E-state index contributed by atoms with van der Waals surface area (Å²) in [6.07, 6.45) is 17.4. The molecule has 0 fully saturated rings. The van der Waals surface area contributed by atoms with Gasteiger partial charge in [-0.05, 0) is 31.9 Å². The Hall–Kier alpha value is -1.21. The largest absolute Gasteiger partial charge is 0.395 e. The number of aliphatic hydroxyl groups excluding tert-OH is 2. The third-order valence-electron chi connectivity index (χ3n) is 5.55. The van der Waals surface area contributed by atoms with Gasteiger partial charge in [0.15, 0.2) is 0 Å². The second kappa shape index (κ2) is 16.4. The number of allylic oxidation sites excluding steroid dienone is 1. The van der Waals surface area contributed by atoms with Crippen molar-refractivity contribution in [1.82, 2.24) is 4.72 Å². The van der Waals surface area contributed by atoms with E-state index in [-0.39, 0.29) is 4.90 Å². The molecule has 31 heavy (non-hydrogen) atoms. The third kappa shape index (κ3) is 12.4. The smallest absolute Gasteiger partial charge is 0.240 e. The van der Waals surface area contributed by atoms with Crippen molar-refractivity contribution in [2.45, 2.75) is 108 Å². The van der Waals surface area contributed by atoms with Gasteiger partial charge in [-0.3, -0.25) is 0 Å². The summed E-state index contributed by atoms with van der Waals surface area (Å²) in [6, 6.07) is 5.49. The molecule has 1 aromatic rings. The van der Waals surface area contributed by atoms with Gasteiger partial charge in [-0.15, -0.1) is 0 Å². The number of sulfonamides is 1. The van der Waals surface area contributed by atoms with Crippen LogP contribution in [0.2, 0.25) is 0 Å². The lowest BCUT2D eigenvalue weighted by atomic mass is 10.0. The Morgan fingerprint density at radius 2 is 1.42 bits per heavy atom. The summed E-state index contributed by atoms with van der Waals surface area (Å²) in [6.45, 7) is 3.65. The van der Waals surface area contributed by atoms with E-state index in [0.29, 0.717) is 0 Å². The first kappa shape index (κ1) is 27.8. The number of benzene rings is 1. The van der Waals surface area contributed by atoms with Crippen molar-refractivity contribution in [2.24, 2.45) is 0 Å². The quantitative estimate of drug-likeness (QED) is 0.209. The molecule has 0 amide bonds. The molecule has 5 nitrogen and oxygen atoms in total. The normalized spacial score (nSPS) is 14.2. The van der Waals surface area contributed by atoms with Crippen molar-refractivity contribution in [3.8, 4) is 0 Å². The molecule has 3 N–H and O–H groups in total. The molecular formula is C25H43NO4S. The SMILES string of the molecule is CCCCCCCCCCCCC/C=C/[C@H](O)[C@@H](CO)NS(=O)(=O)c1ccc(C)cc1. The van der Waals surface area contributed by atoms with E-state index in [1.165, 1.54) is 76.3 Å². The third-order valence-corrected chi connectivity index (χ3v) is 7.06. The van der Waals surface area contributed by atoms with Gasteiger partial charge in [-0.1, -0.05) is 101 Å². The number of hydrogen-bond acceptors (Lipinski definition) is 4. The van der Waals surface area contributed by atoms with Crippen molar-refractivity contribution in [3.05, 3.63) is 42.0 Å². The van der Waals surface area contributed by atoms with Gasteiger partial charge in [0.05, 0.1) is 23.6 Å². The van der Waals surface area contributed by atoms with Crippen LogP contribution in [-0.4, -0.2) is 37.4 Å². The Kier molecular flexibility index (Phi) is 14.7. The van der Waals surface area contributed by atoms with Crippen LogP contribution < -0.4 is 4.72 Å². The molecule has 0 aromatic heterocycles. The molecule has 1 rings (SSSR count). The first-order valence-electron chi connectivity index (χ1n) is 11.9. The van der Waals surface area contributed by atoms with Gasteiger partial charge < -0.3 is 10.2 Å². The van der Waals surface area contributed by atoms with Gasteiger partial charge in [0.1, 0.15) is 0 Å². The standard InChI is InChI=1S/C25H43NO4S/c1-3-4-5-6-7-8-9-10-11-12-13-14-15-16-25(28)24(21-27)26-31(29,30)23-19-17-22(2)18-20-23/h15-20,24-28H,3-14,21H2,1-2H3/b16-15+/t24-,25+/m1/s1. The highest BCUT2D eigenvalue weighted by Gasteiger charge is 2.23. The molecule has 2 atom stereocenters. The Morgan fingerprint density at radius 1 is 0.903 bits per heavy atom. The fraction of sp³-hybridized carbons (Fsp3) is 0.680. The molecule has 0 spiro atoms. The van der Waals surface area contributed by atoms with Gasteiger partial charge in [-0.2, -0.15) is 0 Å². The highest BCUT2D eigenvalue weighted by atomic mass is 32.2. The maximum absolute atomic E-state index is 12.4. The number of hydrogen-bond donors (Lipinski definition) is 3. The van der Waals surface area contributed by atoms with Crippen LogP contribution in [0.15, 0.2) is 41.3 Å². The summed E-state index contributed by atoms with van der Waals surface area (Å²) >= 11 is 0. The highest BCUT2D eigenvalue weighted by molar-refractivity contribution is 7.89. The molecule has 0 saturated heterocycles. The van der Waals surface area contributed by atoms with Crippen molar-refractivity contribution in [3.63, 3.8) is 0 Å². The van der Waals surface area contributed by atoms with E-state index in [9.17, 15) is 18.6 Å².